The topological polar surface area (TPSA) is 42.8 Å². The van der Waals surface area contributed by atoms with Gasteiger partial charge in [-0.15, -0.1) is 0 Å². The summed E-state index contributed by atoms with van der Waals surface area (Å²) in [5, 5.41) is 7.28. The van der Waals surface area contributed by atoms with Crippen LogP contribution in [-0.2, 0) is 12.0 Å². The lowest BCUT2D eigenvalue weighted by molar-refractivity contribution is 0.357. The van der Waals surface area contributed by atoms with Gasteiger partial charge in [0.2, 0.25) is 0 Å². The molecule has 0 fully saturated rings. The molecule has 0 bridgehead atoms. The molecule has 0 aliphatic carbocycles. The van der Waals surface area contributed by atoms with Crippen LogP contribution in [0.4, 0.5) is 0 Å². The molecule has 0 atom stereocenters. The molecule has 5 heteroatoms. The first-order chi connectivity index (χ1) is 8.97. The number of nitrogens with one attached hydrogen (secondary N) is 1. The number of rotatable bonds is 1. The van der Waals surface area contributed by atoms with Crippen molar-refractivity contribution in [3.8, 4) is 17.1 Å². The van der Waals surface area contributed by atoms with Gasteiger partial charge in [-0.1, -0.05) is 0 Å². The number of hydrogen-bond acceptors (Lipinski definition) is 3. The number of nitrogens with zero attached hydrogens (tertiary/aromatic N) is 2. The van der Waals surface area contributed by atoms with Crippen molar-refractivity contribution >= 4 is 12.2 Å². The average molecular weight is 275 g/mol. The van der Waals surface area contributed by atoms with Gasteiger partial charge in [0.1, 0.15) is 5.75 Å². The highest BCUT2D eigenvalue weighted by Gasteiger charge is 2.21. The molecule has 0 saturated carbocycles. The highest BCUT2D eigenvalue weighted by Crippen LogP contribution is 2.31. The number of ether oxygens (including phenoxy) is 1. The number of H-pyrrole nitrogens is 1. The van der Waals surface area contributed by atoms with Crippen LogP contribution in [0.2, 0.25) is 0 Å². The largest absolute Gasteiger partial charge is 0.493 e. The number of hydrogen-bond donors (Lipinski definition) is 1. The van der Waals surface area contributed by atoms with Crippen molar-refractivity contribution in [2.45, 2.75) is 32.7 Å². The van der Waals surface area contributed by atoms with Crippen LogP contribution >= 0.6 is 12.2 Å². The van der Waals surface area contributed by atoms with Gasteiger partial charge < -0.3 is 4.74 Å². The minimum atomic E-state index is -0.102. The van der Waals surface area contributed by atoms with Crippen LogP contribution in [0.5, 0.6) is 5.75 Å². The van der Waals surface area contributed by atoms with E-state index in [1.807, 2.05) is 12.1 Å². The van der Waals surface area contributed by atoms with Gasteiger partial charge in [-0.2, -0.15) is 5.10 Å². The fourth-order valence-electron chi connectivity index (χ4n) is 2.44. The second kappa shape index (κ2) is 4.20. The minimum Gasteiger partial charge on any atom is -0.493 e. The van der Waals surface area contributed by atoms with Gasteiger partial charge >= 0.3 is 0 Å². The summed E-state index contributed by atoms with van der Waals surface area (Å²) in [6, 6.07) is 6.20. The van der Waals surface area contributed by atoms with Crippen molar-refractivity contribution in [1.29, 1.82) is 0 Å². The molecule has 0 saturated heterocycles. The smallest absolute Gasteiger partial charge is 0.195 e. The summed E-state index contributed by atoms with van der Waals surface area (Å²) in [4.78, 5) is 0. The van der Waals surface area contributed by atoms with Gasteiger partial charge in [0.25, 0.3) is 0 Å². The summed E-state index contributed by atoms with van der Waals surface area (Å²) in [5.74, 6) is 1.87. The van der Waals surface area contributed by atoms with Crippen LogP contribution < -0.4 is 4.74 Å². The van der Waals surface area contributed by atoms with E-state index in [-0.39, 0.29) is 5.54 Å². The number of benzene rings is 1. The summed E-state index contributed by atoms with van der Waals surface area (Å²) in [7, 11) is 0. The first-order valence-electron chi connectivity index (χ1n) is 6.41. The predicted octanol–water partition coefficient (Wildman–Crippen LogP) is 3.30. The third-order valence-electron chi connectivity index (χ3n) is 3.29. The van der Waals surface area contributed by atoms with Crippen molar-refractivity contribution in [2.24, 2.45) is 0 Å². The van der Waals surface area contributed by atoms with E-state index in [0.717, 1.165) is 30.2 Å². The first-order valence-corrected chi connectivity index (χ1v) is 6.81. The predicted molar refractivity (Wildman–Crippen MR) is 77.0 cm³/mol. The second-order valence-electron chi connectivity index (χ2n) is 5.78. The molecule has 0 amide bonds. The standard InChI is InChI=1S/C14H17N3OS/c1-14(2,3)17-12(15-16-13(17)19)10-4-5-11-9(8-10)6-7-18-11/h4-5,8H,6-7H2,1-3H3,(H,16,19). The summed E-state index contributed by atoms with van der Waals surface area (Å²) in [6.07, 6.45) is 0.962. The Labute approximate surface area is 117 Å². The van der Waals surface area contributed by atoms with Crippen LogP contribution in [0.25, 0.3) is 11.4 Å². The number of aromatic nitrogens is 3. The summed E-state index contributed by atoms with van der Waals surface area (Å²) < 4.78 is 8.24. The SMILES string of the molecule is CC(C)(C)n1c(-c2ccc3c(c2)CCO3)n[nH]c1=S. The summed E-state index contributed by atoms with van der Waals surface area (Å²) >= 11 is 5.34. The zero-order valence-corrected chi connectivity index (χ0v) is 12.2. The van der Waals surface area contributed by atoms with Crippen molar-refractivity contribution in [3.63, 3.8) is 0 Å². The minimum absolute atomic E-state index is 0.102. The molecule has 2 heterocycles. The molecular formula is C14H17N3OS. The number of aromatic amines is 1. The van der Waals surface area contributed by atoms with Crippen molar-refractivity contribution in [1.82, 2.24) is 14.8 Å². The maximum atomic E-state index is 5.54. The molecule has 1 aromatic carbocycles. The van der Waals surface area contributed by atoms with E-state index in [1.54, 1.807) is 0 Å². The van der Waals surface area contributed by atoms with Gasteiger partial charge in [-0.3, -0.25) is 9.67 Å². The Morgan fingerprint density at radius 2 is 2.16 bits per heavy atom. The summed E-state index contributed by atoms with van der Waals surface area (Å²) in [6.45, 7) is 7.14. The molecule has 100 valence electrons. The van der Waals surface area contributed by atoms with Crippen LogP contribution in [-0.4, -0.2) is 21.4 Å². The molecule has 4 nitrogen and oxygen atoms in total. The van der Waals surface area contributed by atoms with Gasteiger partial charge in [0.15, 0.2) is 10.6 Å². The normalized spacial score (nSPS) is 14.3. The first kappa shape index (κ1) is 12.4. The van der Waals surface area contributed by atoms with Crippen LogP contribution in [0.3, 0.4) is 0 Å². The van der Waals surface area contributed by atoms with Crippen LogP contribution in [0.15, 0.2) is 18.2 Å². The maximum Gasteiger partial charge on any atom is 0.195 e. The van der Waals surface area contributed by atoms with E-state index >= 15 is 0 Å². The lowest BCUT2D eigenvalue weighted by atomic mass is 10.1. The van der Waals surface area contributed by atoms with E-state index in [9.17, 15) is 0 Å². The summed E-state index contributed by atoms with van der Waals surface area (Å²) in [5.41, 5.74) is 2.22. The fraction of sp³-hybridized carbons (Fsp3) is 0.429. The Hall–Kier alpha value is -1.62. The fourth-order valence-corrected chi connectivity index (χ4v) is 2.84. The molecular weight excluding hydrogens is 258 g/mol. The molecule has 19 heavy (non-hydrogen) atoms. The molecule has 1 aliphatic rings. The molecule has 1 aromatic heterocycles. The van der Waals surface area contributed by atoms with Crippen LogP contribution in [0.1, 0.15) is 26.3 Å². The molecule has 3 rings (SSSR count). The highest BCUT2D eigenvalue weighted by atomic mass is 32.1. The zero-order chi connectivity index (χ0) is 13.6. The van der Waals surface area contributed by atoms with Crippen LogP contribution in [0, 0.1) is 4.77 Å². The lowest BCUT2D eigenvalue weighted by Crippen LogP contribution is -2.23. The molecule has 0 spiro atoms. The third-order valence-corrected chi connectivity index (χ3v) is 3.56. The Morgan fingerprint density at radius 3 is 2.89 bits per heavy atom. The molecule has 1 N–H and O–H groups in total. The van der Waals surface area contributed by atoms with Gasteiger partial charge in [0.05, 0.1) is 6.61 Å². The van der Waals surface area contributed by atoms with E-state index in [2.05, 4.69) is 41.6 Å². The maximum absolute atomic E-state index is 5.54. The lowest BCUT2D eigenvalue weighted by Gasteiger charge is -2.22. The van der Waals surface area contributed by atoms with E-state index in [4.69, 9.17) is 17.0 Å². The quantitative estimate of drug-likeness (QED) is 0.812. The molecule has 0 unspecified atom stereocenters. The average Bonchev–Trinajstić information content (AvgIpc) is 2.92. The Balaban J connectivity index is 2.16. The van der Waals surface area contributed by atoms with E-state index in [0.29, 0.717) is 4.77 Å². The number of fused-ring (bicyclic) bond motifs is 1. The van der Waals surface area contributed by atoms with Crippen molar-refractivity contribution in [3.05, 3.63) is 28.5 Å². The zero-order valence-electron chi connectivity index (χ0n) is 11.4. The van der Waals surface area contributed by atoms with Crippen molar-refractivity contribution in [2.75, 3.05) is 6.61 Å². The van der Waals surface area contributed by atoms with Crippen molar-refractivity contribution < 1.29 is 4.74 Å². The Bertz CT molecular complexity index is 679. The van der Waals surface area contributed by atoms with Gasteiger partial charge in [0, 0.05) is 17.5 Å². The Kier molecular flexibility index (Phi) is 2.74. The van der Waals surface area contributed by atoms with Gasteiger partial charge in [-0.25, -0.2) is 0 Å². The molecule has 0 radical (unpaired) electrons. The highest BCUT2D eigenvalue weighted by molar-refractivity contribution is 7.71. The monoisotopic (exact) mass is 275 g/mol. The molecule has 2 aromatic rings. The third kappa shape index (κ3) is 2.08. The van der Waals surface area contributed by atoms with E-state index in [1.165, 1.54) is 5.56 Å². The Morgan fingerprint density at radius 1 is 1.37 bits per heavy atom. The second-order valence-corrected chi connectivity index (χ2v) is 6.17. The van der Waals surface area contributed by atoms with E-state index < -0.39 is 0 Å². The van der Waals surface area contributed by atoms with Gasteiger partial charge in [-0.05, 0) is 56.8 Å². The molecule has 1 aliphatic heterocycles.